The predicted octanol–water partition coefficient (Wildman–Crippen LogP) is 5.40. The summed E-state index contributed by atoms with van der Waals surface area (Å²) in [6, 6.07) is 25.6. The first kappa shape index (κ1) is 19.6. The van der Waals surface area contributed by atoms with Crippen molar-refractivity contribution in [3.05, 3.63) is 101 Å². The molecule has 0 unspecified atom stereocenters. The second kappa shape index (κ2) is 8.78. The minimum absolute atomic E-state index is 0.0664. The summed E-state index contributed by atoms with van der Waals surface area (Å²) in [6.07, 6.45) is 3.91. The van der Waals surface area contributed by atoms with Gasteiger partial charge in [-0.2, -0.15) is 0 Å². The fraction of sp³-hybridized carbons (Fsp3) is 0.154. The van der Waals surface area contributed by atoms with Gasteiger partial charge in [-0.15, -0.1) is 0 Å². The van der Waals surface area contributed by atoms with Gasteiger partial charge in [-0.3, -0.25) is 9.36 Å². The Bertz CT molecular complexity index is 1220. The second-order valence-electron chi connectivity index (χ2n) is 7.06. The maximum Gasteiger partial charge on any atom is 0.266 e. The zero-order valence-electron chi connectivity index (χ0n) is 17.3. The molecule has 0 aliphatic heterocycles. The molecule has 0 spiro atoms. The molecule has 0 amide bonds. The quantitative estimate of drug-likeness (QED) is 0.439. The van der Waals surface area contributed by atoms with Gasteiger partial charge in [0, 0.05) is 18.8 Å². The number of hydrogen-bond donors (Lipinski definition) is 0. The van der Waals surface area contributed by atoms with Crippen molar-refractivity contribution in [3.63, 3.8) is 0 Å². The fourth-order valence-corrected chi connectivity index (χ4v) is 3.64. The lowest BCUT2D eigenvalue weighted by Gasteiger charge is -2.20. The van der Waals surface area contributed by atoms with Gasteiger partial charge in [0.05, 0.1) is 16.6 Å². The lowest BCUT2D eigenvalue weighted by atomic mass is 10.1. The average Bonchev–Trinajstić information content (AvgIpc) is 2.80. The molecule has 0 N–H and O–H groups in total. The molecule has 0 saturated carbocycles. The first-order valence-corrected chi connectivity index (χ1v) is 10.3. The highest BCUT2D eigenvalue weighted by atomic mass is 16.1. The van der Waals surface area contributed by atoms with E-state index in [4.69, 9.17) is 4.98 Å². The van der Waals surface area contributed by atoms with Gasteiger partial charge in [-0.25, -0.2) is 4.98 Å². The summed E-state index contributed by atoms with van der Waals surface area (Å²) in [5, 5.41) is 0.613. The van der Waals surface area contributed by atoms with Crippen molar-refractivity contribution >= 4 is 28.7 Å². The number of fused-ring (bicyclic) bond motifs is 1. The SMILES string of the molecule is CCN(CC)c1ccc(/C=C/c2nc3ccccc3c(=O)n2-c2ccccc2)cc1. The van der Waals surface area contributed by atoms with E-state index < -0.39 is 0 Å². The second-order valence-corrected chi connectivity index (χ2v) is 7.06. The third-order valence-corrected chi connectivity index (χ3v) is 5.26. The maximum atomic E-state index is 13.2. The first-order chi connectivity index (χ1) is 14.7. The van der Waals surface area contributed by atoms with Crippen LogP contribution in [0.1, 0.15) is 25.2 Å². The van der Waals surface area contributed by atoms with Crippen molar-refractivity contribution in [1.82, 2.24) is 9.55 Å². The largest absolute Gasteiger partial charge is 0.372 e. The zero-order chi connectivity index (χ0) is 20.9. The van der Waals surface area contributed by atoms with Gasteiger partial charge in [0.25, 0.3) is 5.56 Å². The highest BCUT2D eigenvalue weighted by molar-refractivity contribution is 5.80. The molecule has 30 heavy (non-hydrogen) atoms. The molecule has 0 radical (unpaired) electrons. The molecule has 4 rings (SSSR count). The molecule has 0 aliphatic carbocycles. The number of aromatic nitrogens is 2. The van der Waals surface area contributed by atoms with E-state index in [2.05, 4.69) is 43.0 Å². The van der Waals surface area contributed by atoms with Crippen LogP contribution in [0.2, 0.25) is 0 Å². The van der Waals surface area contributed by atoms with Gasteiger partial charge < -0.3 is 4.90 Å². The van der Waals surface area contributed by atoms with E-state index in [1.165, 1.54) is 5.69 Å². The van der Waals surface area contributed by atoms with Crippen molar-refractivity contribution in [2.75, 3.05) is 18.0 Å². The Hall–Kier alpha value is -3.66. The van der Waals surface area contributed by atoms with E-state index in [1.807, 2.05) is 66.7 Å². The third kappa shape index (κ3) is 3.90. The number of hydrogen-bond acceptors (Lipinski definition) is 3. The predicted molar refractivity (Wildman–Crippen MR) is 126 cm³/mol. The minimum atomic E-state index is -0.0664. The summed E-state index contributed by atoms with van der Waals surface area (Å²) in [6.45, 7) is 6.28. The smallest absolute Gasteiger partial charge is 0.266 e. The third-order valence-electron chi connectivity index (χ3n) is 5.26. The summed E-state index contributed by atoms with van der Waals surface area (Å²) >= 11 is 0. The molecule has 3 aromatic carbocycles. The Morgan fingerprint density at radius 3 is 2.20 bits per heavy atom. The van der Waals surface area contributed by atoms with E-state index in [0.717, 1.165) is 24.3 Å². The molecular weight excluding hydrogens is 370 g/mol. The minimum Gasteiger partial charge on any atom is -0.372 e. The molecule has 0 bridgehead atoms. The van der Waals surface area contributed by atoms with Crippen LogP contribution in [0.15, 0.2) is 83.7 Å². The molecule has 0 aliphatic rings. The molecule has 4 aromatic rings. The summed E-state index contributed by atoms with van der Waals surface area (Å²) in [4.78, 5) is 20.3. The number of rotatable bonds is 6. The maximum absolute atomic E-state index is 13.2. The van der Waals surface area contributed by atoms with Gasteiger partial charge in [-0.1, -0.05) is 48.5 Å². The molecule has 4 heteroatoms. The molecule has 0 saturated heterocycles. The van der Waals surface area contributed by atoms with Crippen molar-refractivity contribution < 1.29 is 0 Å². The summed E-state index contributed by atoms with van der Waals surface area (Å²) < 4.78 is 1.67. The average molecular weight is 396 g/mol. The van der Waals surface area contributed by atoms with E-state index in [1.54, 1.807) is 4.57 Å². The van der Waals surface area contributed by atoms with Crippen molar-refractivity contribution in [2.24, 2.45) is 0 Å². The molecule has 150 valence electrons. The van der Waals surface area contributed by atoms with Gasteiger partial charge in [0.15, 0.2) is 0 Å². The van der Waals surface area contributed by atoms with Gasteiger partial charge >= 0.3 is 0 Å². The highest BCUT2D eigenvalue weighted by Gasteiger charge is 2.10. The zero-order valence-corrected chi connectivity index (χ0v) is 17.3. The number of nitrogens with zero attached hydrogens (tertiary/aromatic N) is 3. The fourth-order valence-electron chi connectivity index (χ4n) is 3.64. The van der Waals surface area contributed by atoms with Crippen LogP contribution in [0.3, 0.4) is 0 Å². The van der Waals surface area contributed by atoms with Crippen LogP contribution in [0.5, 0.6) is 0 Å². The topological polar surface area (TPSA) is 38.1 Å². The van der Waals surface area contributed by atoms with Crippen LogP contribution in [-0.2, 0) is 0 Å². The van der Waals surface area contributed by atoms with Crippen LogP contribution in [-0.4, -0.2) is 22.6 Å². The molecular formula is C26H25N3O. The van der Waals surface area contributed by atoms with Crippen LogP contribution in [0.25, 0.3) is 28.7 Å². The van der Waals surface area contributed by atoms with E-state index in [0.29, 0.717) is 16.7 Å². The highest BCUT2D eigenvalue weighted by Crippen LogP contribution is 2.18. The lowest BCUT2D eigenvalue weighted by Crippen LogP contribution is -2.22. The number of benzene rings is 3. The Kier molecular flexibility index (Phi) is 5.75. The monoisotopic (exact) mass is 395 g/mol. The van der Waals surface area contributed by atoms with E-state index >= 15 is 0 Å². The molecule has 1 heterocycles. The van der Waals surface area contributed by atoms with Gasteiger partial charge in [-0.05, 0) is 61.9 Å². The van der Waals surface area contributed by atoms with E-state index in [-0.39, 0.29) is 5.56 Å². The Morgan fingerprint density at radius 1 is 0.833 bits per heavy atom. The van der Waals surface area contributed by atoms with Gasteiger partial charge in [0.1, 0.15) is 5.82 Å². The molecule has 1 aromatic heterocycles. The van der Waals surface area contributed by atoms with Crippen LogP contribution in [0, 0.1) is 0 Å². The Labute approximate surface area is 176 Å². The number of para-hydroxylation sites is 2. The first-order valence-electron chi connectivity index (χ1n) is 10.3. The Balaban J connectivity index is 1.78. The van der Waals surface area contributed by atoms with Crippen LogP contribution < -0.4 is 10.5 Å². The normalized spacial score (nSPS) is 11.3. The van der Waals surface area contributed by atoms with Gasteiger partial charge in [0.2, 0.25) is 0 Å². The summed E-state index contributed by atoms with van der Waals surface area (Å²) in [5.41, 5.74) is 3.71. The van der Waals surface area contributed by atoms with Crippen molar-refractivity contribution in [2.45, 2.75) is 13.8 Å². The number of anilines is 1. The van der Waals surface area contributed by atoms with Crippen molar-refractivity contribution in [1.29, 1.82) is 0 Å². The van der Waals surface area contributed by atoms with Crippen LogP contribution in [0.4, 0.5) is 5.69 Å². The van der Waals surface area contributed by atoms with E-state index in [9.17, 15) is 4.79 Å². The standard InChI is InChI=1S/C26H25N3O/c1-3-28(4-2)21-17-14-20(15-18-21)16-19-25-27-24-13-9-8-12-23(24)26(30)29(25)22-10-6-5-7-11-22/h5-19H,3-4H2,1-2H3/b19-16+. The van der Waals surface area contributed by atoms with Crippen LogP contribution >= 0.6 is 0 Å². The molecule has 0 atom stereocenters. The molecule has 0 fully saturated rings. The summed E-state index contributed by atoms with van der Waals surface area (Å²) in [5.74, 6) is 0.609. The van der Waals surface area contributed by atoms with Crippen molar-refractivity contribution in [3.8, 4) is 5.69 Å². The lowest BCUT2D eigenvalue weighted by molar-refractivity contribution is 0.866. The Morgan fingerprint density at radius 2 is 1.50 bits per heavy atom. The summed E-state index contributed by atoms with van der Waals surface area (Å²) in [7, 11) is 0. The molecule has 4 nitrogen and oxygen atoms in total.